The van der Waals surface area contributed by atoms with Crippen LogP contribution in [-0.4, -0.2) is 0 Å². The molecule has 0 aliphatic rings. The van der Waals surface area contributed by atoms with E-state index >= 15 is 0 Å². The Labute approximate surface area is 152 Å². The van der Waals surface area contributed by atoms with Gasteiger partial charge in [-0.05, 0) is 45.3 Å². The molecular weight excluding hydrogens is 320 g/mol. The summed E-state index contributed by atoms with van der Waals surface area (Å²) in [5.74, 6) is 0. The second-order valence-electron chi connectivity index (χ2n) is 5.89. The van der Waals surface area contributed by atoms with Gasteiger partial charge in [-0.15, -0.1) is 11.3 Å². The third-order valence-electron chi connectivity index (χ3n) is 4.20. The Bertz CT molecular complexity index is 906. The Hall–Kier alpha value is -2.90. The normalized spacial score (nSPS) is 10.4. The van der Waals surface area contributed by atoms with E-state index < -0.39 is 0 Å². The minimum atomic E-state index is 1.21. The summed E-state index contributed by atoms with van der Waals surface area (Å²) in [6.45, 7) is 0. The van der Waals surface area contributed by atoms with Crippen molar-refractivity contribution in [2.45, 2.75) is 0 Å². The molecule has 0 aliphatic heterocycles. The number of thiophene rings is 1. The summed E-state index contributed by atoms with van der Waals surface area (Å²) in [6.07, 6.45) is 2.27. The van der Waals surface area contributed by atoms with E-state index in [9.17, 15) is 0 Å². The molecular formula is C24H18S. The molecule has 0 saturated carbocycles. The van der Waals surface area contributed by atoms with Crippen LogP contribution in [0.25, 0.3) is 22.1 Å². The van der Waals surface area contributed by atoms with E-state index in [0.29, 0.717) is 0 Å². The standard InChI is InChI=1S/C24H18S/c1-3-8-20(9-4-1)23(21-10-5-2-6-11-21)18-19-13-15-22(16-14-19)24-12-7-17-25-24/h1-18H. The maximum Gasteiger partial charge on any atom is 0.0342 e. The van der Waals surface area contributed by atoms with Crippen LogP contribution < -0.4 is 0 Å². The van der Waals surface area contributed by atoms with Crippen LogP contribution in [0.3, 0.4) is 0 Å². The van der Waals surface area contributed by atoms with Crippen LogP contribution in [0, 0.1) is 0 Å². The zero-order valence-electron chi connectivity index (χ0n) is 13.8. The van der Waals surface area contributed by atoms with Crippen LogP contribution in [0.5, 0.6) is 0 Å². The molecule has 0 bridgehead atoms. The first-order chi connectivity index (χ1) is 12.4. The molecule has 25 heavy (non-hydrogen) atoms. The average molecular weight is 338 g/mol. The molecule has 0 saturated heterocycles. The molecule has 1 heterocycles. The minimum Gasteiger partial charge on any atom is -0.144 e. The Balaban J connectivity index is 1.74. The summed E-state index contributed by atoms with van der Waals surface area (Å²) in [7, 11) is 0. The smallest absolute Gasteiger partial charge is 0.0342 e. The molecule has 0 aliphatic carbocycles. The van der Waals surface area contributed by atoms with Crippen LogP contribution in [0.4, 0.5) is 0 Å². The molecule has 120 valence electrons. The average Bonchev–Trinajstić information content (AvgIpc) is 3.23. The van der Waals surface area contributed by atoms with E-state index in [2.05, 4.69) is 109 Å². The van der Waals surface area contributed by atoms with Gasteiger partial charge in [0, 0.05) is 4.88 Å². The number of hydrogen-bond acceptors (Lipinski definition) is 1. The lowest BCUT2D eigenvalue weighted by molar-refractivity contribution is 1.55. The number of rotatable bonds is 4. The second kappa shape index (κ2) is 7.33. The fraction of sp³-hybridized carbons (Fsp3) is 0. The lowest BCUT2D eigenvalue weighted by atomic mass is 9.95. The van der Waals surface area contributed by atoms with Gasteiger partial charge in [-0.2, -0.15) is 0 Å². The highest BCUT2D eigenvalue weighted by molar-refractivity contribution is 7.13. The fourth-order valence-corrected chi connectivity index (χ4v) is 3.65. The van der Waals surface area contributed by atoms with Crippen molar-refractivity contribution in [3.63, 3.8) is 0 Å². The first-order valence-electron chi connectivity index (χ1n) is 8.37. The van der Waals surface area contributed by atoms with Gasteiger partial charge >= 0.3 is 0 Å². The summed E-state index contributed by atoms with van der Waals surface area (Å²) in [6, 6.07) is 34.2. The van der Waals surface area contributed by atoms with Crippen LogP contribution >= 0.6 is 11.3 Å². The molecule has 1 heteroatoms. The molecule has 4 rings (SSSR count). The quantitative estimate of drug-likeness (QED) is 0.351. The van der Waals surface area contributed by atoms with E-state index in [-0.39, 0.29) is 0 Å². The van der Waals surface area contributed by atoms with E-state index in [1.807, 2.05) is 0 Å². The lowest BCUT2D eigenvalue weighted by Crippen LogP contribution is -1.88. The first kappa shape index (κ1) is 15.6. The van der Waals surface area contributed by atoms with Gasteiger partial charge in [-0.25, -0.2) is 0 Å². The van der Waals surface area contributed by atoms with Gasteiger partial charge in [-0.3, -0.25) is 0 Å². The van der Waals surface area contributed by atoms with Gasteiger partial charge in [0.05, 0.1) is 0 Å². The van der Waals surface area contributed by atoms with Crippen LogP contribution in [0.1, 0.15) is 16.7 Å². The molecule has 4 aromatic rings. The Morgan fingerprint density at radius 1 is 0.600 bits per heavy atom. The summed E-state index contributed by atoms with van der Waals surface area (Å²) in [5, 5.41) is 2.12. The van der Waals surface area contributed by atoms with Gasteiger partial charge < -0.3 is 0 Å². The molecule has 3 aromatic carbocycles. The van der Waals surface area contributed by atoms with Crippen molar-refractivity contribution in [1.29, 1.82) is 0 Å². The van der Waals surface area contributed by atoms with Gasteiger partial charge in [0.1, 0.15) is 0 Å². The third-order valence-corrected chi connectivity index (χ3v) is 5.12. The van der Waals surface area contributed by atoms with E-state index in [0.717, 1.165) is 0 Å². The van der Waals surface area contributed by atoms with E-state index in [1.165, 1.54) is 32.7 Å². The fourth-order valence-electron chi connectivity index (χ4n) is 2.92. The van der Waals surface area contributed by atoms with Crippen molar-refractivity contribution in [3.8, 4) is 10.4 Å². The van der Waals surface area contributed by atoms with Crippen molar-refractivity contribution >= 4 is 23.0 Å². The molecule has 0 fully saturated rings. The highest BCUT2D eigenvalue weighted by Gasteiger charge is 2.05. The summed E-state index contributed by atoms with van der Waals surface area (Å²) >= 11 is 1.77. The van der Waals surface area contributed by atoms with Crippen LogP contribution in [0.15, 0.2) is 102 Å². The Morgan fingerprint density at radius 2 is 1.20 bits per heavy atom. The zero-order valence-corrected chi connectivity index (χ0v) is 14.6. The monoisotopic (exact) mass is 338 g/mol. The van der Waals surface area contributed by atoms with E-state index in [4.69, 9.17) is 0 Å². The highest BCUT2D eigenvalue weighted by Crippen LogP contribution is 2.28. The summed E-state index contributed by atoms with van der Waals surface area (Å²) in [5.41, 5.74) is 6.19. The predicted molar refractivity (Wildman–Crippen MR) is 110 cm³/mol. The van der Waals surface area contributed by atoms with Crippen molar-refractivity contribution < 1.29 is 0 Å². The Kier molecular flexibility index (Phi) is 4.58. The van der Waals surface area contributed by atoms with Crippen molar-refractivity contribution in [2.75, 3.05) is 0 Å². The maximum absolute atomic E-state index is 2.27. The maximum atomic E-state index is 2.27. The lowest BCUT2D eigenvalue weighted by Gasteiger charge is -2.09. The van der Waals surface area contributed by atoms with Crippen molar-refractivity contribution in [1.82, 2.24) is 0 Å². The second-order valence-corrected chi connectivity index (χ2v) is 6.84. The minimum absolute atomic E-state index is 1.21. The number of hydrogen-bond donors (Lipinski definition) is 0. The van der Waals surface area contributed by atoms with Gasteiger partial charge in [0.2, 0.25) is 0 Å². The SMILES string of the molecule is C(=C(c1ccccc1)c1ccccc1)c1ccc(-c2cccs2)cc1. The van der Waals surface area contributed by atoms with Gasteiger partial charge in [0.15, 0.2) is 0 Å². The summed E-state index contributed by atoms with van der Waals surface area (Å²) in [4.78, 5) is 1.31. The van der Waals surface area contributed by atoms with Crippen molar-refractivity contribution in [3.05, 3.63) is 119 Å². The largest absolute Gasteiger partial charge is 0.144 e. The number of benzene rings is 3. The molecule has 0 nitrogen and oxygen atoms in total. The molecule has 1 aromatic heterocycles. The Morgan fingerprint density at radius 3 is 1.72 bits per heavy atom. The third kappa shape index (κ3) is 3.62. The van der Waals surface area contributed by atoms with Crippen molar-refractivity contribution in [2.24, 2.45) is 0 Å². The first-order valence-corrected chi connectivity index (χ1v) is 9.24. The molecule has 0 radical (unpaired) electrons. The summed E-state index contributed by atoms with van der Waals surface area (Å²) < 4.78 is 0. The van der Waals surface area contributed by atoms with Gasteiger partial charge in [0.25, 0.3) is 0 Å². The van der Waals surface area contributed by atoms with Crippen LogP contribution in [-0.2, 0) is 0 Å². The molecule has 0 amide bonds. The molecule has 0 atom stereocenters. The molecule has 0 N–H and O–H groups in total. The van der Waals surface area contributed by atoms with Gasteiger partial charge in [-0.1, -0.05) is 91.0 Å². The predicted octanol–water partition coefficient (Wildman–Crippen LogP) is 7.00. The zero-order chi connectivity index (χ0) is 16.9. The molecule has 0 unspecified atom stereocenters. The topological polar surface area (TPSA) is 0 Å². The molecule has 0 spiro atoms. The van der Waals surface area contributed by atoms with Crippen LogP contribution in [0.2, 0.25) is 0 Å². The van der Waals surface area contributed by atoms with E-state index in [1.54, 1.807) is 11.3 Å². The highest BCUT2D eigenvalue weighted by atomic mass is 32.1.